The maximum absolute atomic E-state index is 10.8. The van der Waals surface area contributed by atoms with Gasteiger partial charge >= 0.3 is 5.82 Å². The first kappa shape index (κ1) is 10.5. The molecule has 0 aromatic carbocycles. The van der Waals surface area contributed by atoms with Gasteiger partial charge in [0.2, 0.25) is 5.69 Å². The third-order valence-electron chi connectivity index (χ3n) is 2.33. The van der Waals surface area contributed by atoms with Crippen molar-refractivity contribution in [3.8, 4) is 11.5 Å². The van der Waals surface area contributed by atoms with Gasteiger partial charge in [0.1, 0.15) is 5.52 Å². The van der Waals surface area contributed by atoms with Crippen LogP contribution in [0, 0.1) is 14.8 Å². The Hall–Kier alpha value is -2.62. The molecule has 18 heavy (non-hydrogen) atoms. The molecule has 0 radical (unpaired) electrons. The van der Waals surface area contributed by atoms with Gasteiger partial charge in [0.25, 0.3) is 0 Å². The van der Waals surface area contributed by atoms with Gasteiger partial charge in [-0.2, -0.15) is 0 Å². The number of hydrogen-bond donors (Lipinski definition) is 3. The largest absolute Gasteiger partial charge is 0.358 e. The fraction of sp³-hybridized carbons (Fsp3) is 0. The molecular formula is C8H5N7O2S. The van der Waals surface area contributed by atoms with Gasteiger partial charge in [-0.05, 0) is 4.92 Å². The Morgan fingerprint density at radius 1 is 1.28 bits per heavy atom. The first-order valence-electron chi connectivity index (χ1n) is 4.78. The van der Waals surface area contributed by atoms with E-state index in [2.05, 4.69) is 29.9 Å². The van der Waals surface area contributed by atoms with Gasteiger partial charge in [-0.1, -0.05) is 12.2 Å². The zero-order chi connectivity index (χ0) is 12.7. The molecule has 3 aromatic heterocycles. The maximum atomic E-state index is 10.8. The predicted octanol–water partition coefficient (Wildman–Crippen LogP) is 1.31. The first-order chi connectivity index (χ1) is 8.66. The number of nitrogens with zero attached hydrogens (tertiary/aromatic N) is 4. The van der Waals surface area contributed by atoms with Crippen molar-refractivity contribution in [2.45, 2.75) is 0 Å². The van der Waals surface area contributed by atoms with Crippen LogP contribution in [0.15, 0.2) is 12.7 Å². The fourth-order valence-corrected chi connectivity index (χ4v) is 1.81. The molecule has 0 aliphatic carbocycles. The molecule has 0 aliphatic rings. The number of nitrogens with one attached hydrogen (secondary N) is 3. The summed E-state index contributed by atoms with van der Waals surface area (Å²) in [7, 11) is 0. The molecule has 0 fully saturated rings. The van der Waals surface area contributed by atoms with Crippen LogP contribution in [0.25, 0.3) is 22.7 Å². The third-order valence-corrected chi connectivity index (χ3v) is 2.62. The molecule has 0 spiro atoms. The zero-order valence-corrected chi connectivity index (χ0v) is 9.48. The summed E-state index contributed by atoms with van der Waals surface area (Å²) in [5, 5.41) is 10.8. The van der Waals surface area contributed by atoms with Crippen molar-refractivity contribution in [3.05, 3.63) is 27.4 Å². The van der Waals surface area contributed by atoms with Crippen LogP contribution in [0.2, 0.25) is 0 Å². The van der Waals surface area contributed by atoms with Gasteiger partial charge in [-0.25, -0.2) is 19.9 Å². The van der Waals surface area contributed by atoms with E-state index in [0.717, 1.165) is 0 Å². The van der Waals surface area contributed by atoms with Gasteiger partial charge < -0.3 is 20.1 Å². The summed E-state index contributed by atoms with van der Waals surface area (Å²) in [6, 6.07) is 0. The predicted molar refractivity (Wildman–Crippen MR) is 63.3 cm³/mol. The Morgan fingerprint density at radius 3 is 2.83 bits per heavy atom. The summed E-state index contributed by atoms with van der Waals surface area (Å²) in [5.74, 6) is -0.0458. The van der Waals surface area contributed by atoms with E-state index in [1.54, 1.807) is 0 Å². The van der Waals surface area contributed by atoms with Crippen LogP contribution in [0.1, 0.15) is 0 Å². The monoisotopic (exact) mass is 263 g/mol. The van der Waals surface area contributed by atoms with Gasteiger partial charge in [0.05, 0.1) is 6.33 Å². The minimum Gasteiger partial charge on any atom is -0.358 e. The number of fused-ring (bicyclic) bond motifs is 1. The SMILES string of the molecule is O=[N+]([O-])c1[nH]cnc1-c1nc(=S)c2[nH]cnc2[nH]1. The van der Waals surface area contributed by atoms with Crippen molar-refractivity contribution >= 4 is 29.2 Å². The summed E-state index contributed by atoms with van der Waals surface area (Å²) < 4.78 is 0.272. The molecule has 0 amide bonds. The molecular weight excluding hydrogens is 258 g/mol. The van der Waals surface area contributed by atoms with Crippen LogP contribution >= 0.6 is 12.2 Å². The molecule has 0 unspecified atom stereocenters. The first-order valence-corrected chi connectivity index (χ1v) is 5.19. The van der Waals surface area contributed by atoms with E-state index in [0.29, 0.717) is 11.2 Å². The summed E-state index contributed by atoms with van der Waals surface area (Å²) in [6.07, 6.45) is 2.68. The van der Waals surface area contributed by atoms with Crippen molar-refractivity contribution < 1.29 is 4.92 Å². The lowest BCUT2D eigenvalue weighted by molar-refractivity contribution is -0.388. The number of aromatic nitrogens is 6. The molecule has 90 valence electrons. The van der Waals surface area contributed by atoms with Crippen LogP contribution in [0.5, 0.6) is 0 Å². The average molecular weight is 263 g/mol. The van der Waals surface area contributed by atoms with E-state index in [1.807, 2.05) is 0 Å². The highest BCUT2D eigenvalue weighted by Crippen LogP contribution is 2.23. The summed E-state index contributed by atoms with van der Waals surface area (Å²) in [5.41, 5.74) is 1.14. The Kier molecular flexibility index (Phi) is 2.16. The van der Waals surface area contributed by atoms with Crippen LogP contribution in [-0.4, -0.2) is 34.8 Å². The highest BCUT2D eigenvalue weighted by molar-refractivity contribution is 7.71. The normalized spacial score (nSPS) is 10.9. The van der Waals surface area contributed by atoms with Crippen molar-refractivity contribution in [2.75, 3.05) is 0 Å². The molecule has 3 N–H and O–H groups in total. The lowest BCUT2D eigenvalue weighted by atomic mass is 10.4. The molecule has 3 rings (SSSR count). The van der Waals surface area contributed by atoms with Crippen molar-refractivity contribution in [1.82, 2.24) is 29.9 Å². The van der Waals surface area contributed by atoms with Crippen LogP contribution in [0.4, 0.5) is 5.82 Å². The number of H-pyrrole nitrogens is 3. The molecule has 0 atom stereocenters. The molecule has 3 heterocycles. The van der Waals surface area contributed by atoms with E-state index in [-0.39, 0.29) is 22.0 Å². The second-order valence-electron chi connectivity index (χ2n) is 3.37. The van der Waals surface area contributed by atoms with Crippen LogP contribution in [0.3, 0.4) is 0 Å². The number of nitro groups is 1. The molecule has 3 aromatic rings. The number of imidazole rings is 2. The second kappa shape index (κ2) is 3.70. The molecule has 0 saturated heterocycles. The Labute approximate surface area is 103 Å². The summed E-state index contributed by atoms with van der Waals surface area (Å²) in [4.78, 5) is 30.2. The van der Waals surface area contributed by atoms with Crippen molar-refractivity contribution in [2.24, 2.45) is 0 Å². The number of hydrogen-bond acceptors (Lipinski definition) is 6. The fourth-order valence-electron chi connectivity index (χ4n) is 1.56. The maximum Gasteiger partial charge on any atom is 0.351 e. The lowest BCUT2D eigenvalue weighted by Gasteiger charge is -1.98. The average Bonchev–Trinajstić information content (AvgIpc) is 2.97. The van der Waals surface area contributed by atoms with E-state index >= 15 is 0 Å². The molecule has 9 nitrogen and oxygen atoms in total. The second-order valence-corrected chi connectivity index (χ2v) is 3.76. The van der Waals surface area contributed by atoms with Gasteiger partial charge in [0.15, 0.2) is 22.4 Å². The van der Waals surface area contributed by atoms with E-state index in [1.165, 1.54) is 12.7 Å². The van der Waals surface area contributed by atoms with Crippen molar-refractivity contribution in [1.29, 1.82) is 0 Å². The van der Waals surface area contributed by atoms with Crippen LogP contribution in [-0.2, 0) is 0 Å². The summed E-state index contributed by atoms with van der Waals surface area (Å²) >= 11 is 5.07. The zero-order valence-electron chi connectivity index (χ0n) is 8.67. The van der Waals surface area contributed by atoms with Gasteiger partial charge in [-0.3, -0.25) is 0 Å². The van der Waals surface area contributed by atoms with E-state index in [4.69, 9.17) is 12.2 Å². The Bertz CT molecular complexity index is 801. The Balaban J connectivity index is 2.28. The van der Waals surface area contributed by atoms with Gasteiger partial charge in [-0.15, -0.1) is 0 Å². The molecule has 0 saturated carbocycles. The minimum atomic E-state index is -0.574. The standard InChI is InChI=1S/C8H5N7O2S/c16-15(17)7-3(9-2-12-7)6-13-5-4(8(18)14-6)10-1-11-5/h1-2H,(H,9,12)(H2,10,11,13,14,18). The molecule has 10 heteroatoms. The summed E-state index contributed by atoms with van der Waals surface area (Å²) in [6.45, 7) is 0. The quantitative estimate of drug-likeness (QED) is 0.363. The third kappa shape index (κ3) is 1.47. The lowest BCUT2D eigenvalue weighted by Crippen LogP contribution is -1.96. The van der Waals surface area contributed by atoms with Gasteiger partial charge in [0, 0.05) is 0 Å². The smallest absolute Gasteiger partial charge is 0.351 e. The highest BCUT2D eigenvalue weighted by atomic mass is 32.1. The molecule has 0 bridgehead atoms. The molecule has 0 aliphatic heterocycles. The minimum absolute atomic E-state index is 0.0935. The van der Waals surface area contributed by atoms with Crippen LogP contribution < -0.4 is 0 Å². The Morgan fingerprint density at radius 2 is 2.06 bits per heavy atom. The topological polar surface area (TPSA) is 129 Å². The van der Waals surface area contributed by atoms with Crippen molar-refractivity contribution in [3.63, 3.8) is 0 Å². The van der Waals surface area contributed by atoms with E-state index < -0.39 is 4.92 Å². The van der Waals surface area contributed by atoms with E-state index in [9.17, 15) is 10.1 Å². The highest BCUT2D eigenvalue weighted by Gasteiger charge is 2.19. The number of aromatic amines is 3. The number of rotatable bonds is 2.